The van der Waals surface area contributed by atoms with Crippen molar-refractivity contribution in [3.8, 4) is 0 Å². The van der Waals surface area contributed by atoms with Gasteiger partial charge in [0.2, 0.25) is 0 Å². The van der Waals surface area contributed by atoms with E-state index in [0.29, 0.717) is 6.61 Å². The number of carbonyl (C=O) groups is 1. The van der Waals surface area contributed by atoms with Gasteiger partial charge in [-0.15, -0.1) is 11.3 Å². The van der Waals surface area contributed by atoms with Crippen molar-refractivity contribution in [1.29, 1.82) is 0 Å². The van der Waals surface area contributed by atoms with Crippen LogP contribution in [0.3, 0.4) is 0 Å². The average molecular weight is 371 g/mol. The number of thiophene rings is 1. The molecule has 1 aliphatic carbocycles. The Bertz CT molecular complexity index is 751. The van der Waals surface area contributed by atoms with Crippen LogP contribution in [0.2, 0.25) is 0 Å². The van der Waals surface area contributed by atoms with E-state index in [1.54, 1.807) is 17.5 Å². The fourth-order valence-corrected chi connectivity index (χ4v) is 5.06. The number of hydrogen-bond donors (Lipinski definition) is 0. The molecule has 2 aliphatic rings. The summed E-state index contributed by atoms with van der Waals surface area (Å²) in [7, 11) is 0. The molecule has 1 amide bonds. The zero-order valence-electron chi connectivity index (χ0n) is 15.3. The van der Waals surface area contributed by atoms with Gasteiger partial charge in [-0.3, -0.25) is 9.78 Å². The minimum absolute atomic E-state index is 0.209. The Morgan fingerprint density at radius 2 is 2.15 bits per heavy atom. The van der Waals surface area contributed by atoms with Gasteiger partial charge in [-0.2, -0.15) is 0 Å². The van der Waals surface area contributed by atoms with Gasteiger partial charge in [0.25, 0.3) is 5.91 Å². The van der Waals surface area contributed by atoms with Gasteiger partial charge in [-0.1, -0.05) is 13.0 Å². The number of nitrogens with zero attached hydrogens (tertiary/aromatic N) is 2. The number of likely N-dealkylation sites (tertiary alicyclic amines) is 1. The second-order valence-electron chi connectivity index (χ2n) is 7.53. The molecule has 26 heavy (non-hydrogen) atoms. The van der Waals surface area contributed by atoms with E-state index in [4.69, 9.17) is 4.74 Å². The van der Waals surface area contributed by atoms with Crippen LogP contribution in [0.15, 0.2) is 30.5 Å². The first-order chi connectivity index (χ1) is 12.7. The fraction of sp³-hybridized carbons (Fsp3) is 0.524. The van der Waals surface area contributed by atoms with E-state index in [0.717, 1.165) is 55.3 Å². The third kappa shape index (κ3) is 3.99. The number of hydrogen-bond acceptors (Lipinski definition) is 4. The first kappa shape index (κ1) is 17.7. The third-order valence-electron chi connectivity index (χ3n) is 5.46. The average Bonchev–Trinajstić information content (AvgIpc) is 3.10. The lowest BCUT2D eigenvalue weighted by molar-refractivity contribution is -0.00150. The number of aromatic nitrogens is 1. The number of ether oxygens (including phenoxy) is 1. The van der Waals surface area contributed by atoms with Crippen molar-refractivity contribution < 1.29 is 9.53 Å². The molecule has 1 atom stereocenters. The molecule has 2 aromatic rings. The Hall–Kier alpha value is -1.72. The largest absolute Gasteiger partial charge is 0.372 e. The van der Waals surface area contributed by atoms with E-state index in [2.05, 4.69) is 18.0 Å². The number of piperidine rings is 1. The fourth-order valence-electron chi connectivity index (χ4n) is 3.88. The van der Waals surface area contributed by atoms with E-state index in [1.165, 1.54) is 16.9 Å². The maximum atomic E-state index is 12.9. The lowest BCUT2D eigenvalue weighted by Gasteiger charge is -2.31. The second-order valence-corrected chi connectivity index (χ2v) is 8.67. The molecular weight excluding hydrogens is 344 g/mol. The standard InChI is InChI=1S/C21H26N2O2S/c1-15-5-6-19-16(12-15)13-20(26-19)21(24)23-10-7-18(8-11-23)25-14-17-4-2-3-9-22-17/h2-4,9,13,15,18H,5-8,10-12,14H2,1H3/t15-/m1/s1. The summed E-state index contributed by atoms with van der Waals surface area (Å²) >= 11 is 1.72. The Morgan fingerprint density at radius 1 is 1.31 bits per heavy atom. The molecule has 1 aliphatic heterocycles. The van der Waals surface area contributed by atoms with E-state index in [1.807, 2.05) is 23.1 Å². The topological polar surface area (TPSA) is 42.4 Å². The van der Waals surface area contributed by atoms with Crippen molar-refractivity contribution >= 4 is 17.2 Å². The molecule has 0 aromatic carbocycles. The third-order valence-corrected chi connectivity index (χ3v) is 6.69. The molecule has 5 heteroatoms. The normalized spacial score (nSPS) is 20.8. The van der Waals surface area contributed by atoms with Crippen molar-refractivity contribution in [2.45, 2.75) is 51.7 Å². The predicted octanol–water partition coefficient (Wildman–Crippen LogP) is 4.09. The molecule has 2 aromatic heterocycles. The molecular formula is C21H26N2O2S. The molecule has 0 radical (unpaired) electrons. The van der Waals surface area contributed by atoms with Gasteiger partial charge in [0.1, 0.15) is 0 Å². The number of fused-ring (bicyclic) bond motifs is 1. The molecule has 4 rings (SSSR count). The number of rotatable bonds is 4. The van der Waals surface area contributed by atoms with E-state index in [-0.39, 0.29) is 12.0 Å². The second kappa shape index (κ2) is 7.89. The van der Waals surface area contributed by atoms with Gasteiger partial charge in [0, 0.05) is 24.2 Å². The molecule has 0 saturated carbocycles. The minimum Gasteiger partial charge on any atom is -0.372 e. The number of aryl methyl sites for hydroxylation is 1. The molecule has 0 spiro atoms. The van der Waals surface area contributed by atoms with Crippen LogP contribution in [0.5, 0.6) is 0 Å². The van der Waals surface area contributed by atoms with Crippen LogP contribution in [0.4, 0.5) is 0 Å². The van der Waals surface area contributed by atoms with Crippen LogP contribution in [0.1, 0.15) is 52.0 Å². The van der Waals surface area contributed by atoms with Gasteiger partial charge in [-0.25, -0.2) is 0 Å². The smallest absolute Gasteiger partial charge is 0.263 e. The Labute approximate surface area is 159 Å². The summed E-state index contributed by atoms with van der Waals surface area (Å²) in [6.45, 7) is 4.42. The van der Waals surface area contributed by atoms with E-state index < -0.39 is 0 Å². The minimum atomic E-state index is 0.209. The van der Waals surface area contributed by atoms with Crippen LogP contribution in [0, 0.1) is 5.92 Å². The zero-order chi connectivity index (χ0) is 17.9. The lowest BCUT2D eigenvalue weighted by Crippen LogP contribution is -2.40. The molecule has 0 unspecified atom stereocenters. The molecule has 0 N–H and O–H groups in total. The highest BCUT2D eigenvalue weighted by Gasteiger charge is 2.27. The molecule has 4 nitrogen and oxygen atoms in total. The highest BCUT2D eigenvalue weighted by molar-refractivity contribution is 7.14. The summed E-state index contributed by atoms with van der Waals surface area (Å²) < 4.78 is 5.98. The summed E-state index contributed by atoms with van der Waals surface area (Å²) in [6.07, 6.45) is 7.34. The van der Waals surface area contributed by atoms with Crippen LogP contribution in [-0.4, -0.2) is 35.0 Å². The van der Waals surface area contributed by atoms with Gasteiger partial charge in [-0.05, 0) is 61.8 Å². The maximum Gasteiger partial charge on any atom is 0.263 e. The van der Waals surface area contributed by atoms with Crippen LogP contribution in [0.25, 0.3) is 0 Å². The first-order valence-corrected chi connectivity index (χ1v) is 10.4. The molecule has 0 bridgehead atoms. The lowest BCUT2D eigenvalue weighted by atomic mass is 9.90. The summed E-state index contributed by atoms with van der Waals surface area (Å²) in [5.41, 5.74) is 2.37. The summed E-state index contributed by atoms with van der Waals surface area (Å²) in [6, 6.07) is 8.03. The summed E-state index contributed by atoms with van der Waals surface area (Å²) in [5, 5.41) is 0. The quantitative estimate of drug-likeness (QED) is 0.814. The van der Waals surface area contributed by atoms with Crippen LogP contribution >= 0.6 is 11.3 Å². The predicted molar refractivity (Wildman–Crippen MR) is 103 cm³/mol. The summed E-state index contributed by atoms with van der Waals surface area (Å²) in [5.74, 6) is 0.951. The first-order valence-electron chi connectivity index (χ1n) is 9.61. The van der Waals surface area contributed by atoms with Crippen molar-refractivity contribution in [1.82, 2.24) is 9.88 Å². The monoisotopic (exact) mass is 370 g/mol. The van der Waals surface area contributed by atoms with Gasteiger partial charge in [0.05, 0.1) is 23.3 Å². The van der Waals surface area contributed by atoms with Gasteiger partial charge < -0.3 is 9.64 Å². The number of pyridine rings is 1. The van der Waals surface area contributed by atoms with Crippen molar-refractivity contribution in [2.24, 2.45) is 5.92 Å². The van der Waals surface area contributed by atoms with E-state index in [9.17, 15) is 4.79 Å². The maximum absolute atomic E-state index is 12.9. The number of carbonyl (C=O) groups excluding carboxylic acids is 1. The highest BCUT2D eigenvalue weighted by atomic mass is 32.1. The number of amides is 1. The van der Waals surface area contributed by atoms with Gasteiger partial charge >= 0.3 is 0 Å². The van der Waals surface area contributed by atoms with Crippen LogP contribution < -0.4 is 0 Å². The zero-order valence-corrected chi connectivity index (χ0v) is 16.1. The van der Waals surface area contributed by atoms with E-state index >= 15 is 0 Å². The highest BCUT2D eigenvalue weighted by Crippen LogP contribution is 2.33. The summed E-state index contributed by atoms with van der Waals surface area (Å²) in [4.78, 5) is 21.5. The molecule has 138 valence electrons. The molecule has 1 saturated heterocycles. The molecule has 1 fully saturated rings. The van der Waals surface area contributed by atoms with Crippen molar-refractivity contribution in [3.05, 3.63) is 51.5 Å². The molecule has 3 heterocycles. The Balaban J connectivity index is 1.30. The Kier molecular flexibility index (Phi) is 5.36. The van der Waals surface area contributed by atoms with Crippen LogP contribution in [-0.2, 0) is 24.2 Å². The van der Waals surface area contributed by atoms with Gasteiger partial charge in [0.15, 0.2) is 0 Å². The Morgan fingerprint density at radius 3 is 2.92 bits per heavy atom. The van der Waals surface area contributed by atoms with Crippen molar-refractivity contribution in [3.63, 3.8) is 0 Å². The SMILES string of the molecule is C[C@@H]1CCc2sc(C(=O)N3CCC(OCc4ccccn4)CC3)cc2C1. The van der Waals surface area contributed by atoms with Crippen molar-refractivity contribution in [2.75, 3.05) is 13.1 Å².